The van der Waals surface area contributed by atoms with Crippen molar-refractivity contribution in [3.63, 3.8) is 0 Å². The lowest BCUT2D eigenvalue weighted by atomic mass is 10.1. The molecular weight excluding hydrogens is 394 g/mol. The van der Waals surface area contributed by atoms with E-state index in [0.717, 1.165) is 0 Å². The van der Waals surface area contributed by atoms with E-state index in [1.807, 2.05) is 6.07 Å². The molecule has 2 aromatic rings. The van der Waals surface area contributed by atoms with Crippen molar-refractivity contribution in [2.45, 2.75) is 25.5 Å². The summed E-state index contributed by atoms with van der Waals surface area (Å²) in [5.74, 6) is -1.01. The van der Waals surface area contributed by atoms with Gasteiger partial charge in [-0.1, -0.05) is 6.07 Å². The van der Waals surface area contributed by atoms with Gasteiger partial charge in [-0.15, -0.1) is 0 Å². The molecule has 11 heteroatoms. The SMILES string of the molecule is COC1Nc2cc([N+](=O)[O-])cc(CN(CC(=O)O)Cc3ccccn3)c2NC1OC. The number of benzene rings is 1. The van der Waals surface area contributed by atoms with Crippen molar-refractivity contribution in [2.75, 3.05) is 31.4 Å². The van der Waals surface area contributed by atoms with Crippen molar-refractivity contribution < 1.29 is 24.3 Å². The Bertz CT molecular complexity index is 910. The first kappa shape index (κ1) is 21.4. The van der Waals surface area contributed by atoms with Gasteiger partial charge >= 0.3 is 5.97 Å². The topological polar surface area (TPSA) is 139 Å². The van der Waals surface area contributed by atoms with E-state index in [1.54, 1.807) is 23.2 Å². The number of pyridine rings is 1. The summed E-state index contributed by atoms with van der Waals surface area (Å²) in [4.78, 5) is 28.2. The van der Waals surface area contributed by atoms with E-state index >= 15 is 0 Å². The standard InChI is InChI=1S/C19H23N5O6/c1-29-18-19(30-2)22-17-12(7-14(24(27)28)8-15(17)21-18)9-23(11-16(25)26)10-13-5-3-4-6-20-13/h3-8,18-19,21-22H,9-11H2,1-2H3,(H,25,26). The number of anilines is 2. The van der Waals surface area contributed by atoms with Crippen LogP contribution in [0.2, 0.25) is 0 Å². The predicted molar refractivity (Wildman–Crippen MR) is 108 cm³/mol. The van der Waals surface area contributed by atoms with Crippen LogP contribution in [0.3, 0.4) is 0 Å². The zero-order valence-electron chi connectivity index (χ0n) is 16.6. The molecule has 11 nitrogen and oxygen atoms in total. The van der Waals surface area contributed by atoms with Crippen LogP contribution in [0.4, 0.5) is 17.1 Å². The van der Waals surface area contributed by atoms with Gasteiger partial charge in [0.25, 0.3) is 5.69 Å². The van der Waals surface area contributed by atoms with Crippen LogP contribution in [-0.4, -0.2) is 59.1 Å². The Balaban J connectivity index is 1.96. The van der Waals surface area contributed by atoms with Crippen molar-refractivity contribution in [3.8, 4) is 0 Å². The Morgan fingerprint density at radius 1 is 1.23 bits per heavy atom. The average molecular weight is 417 g/mol. The Morgan fingerprint density at radius 2 is 1.97 bits per heavy atom. The Hall–Kier alpha value is -3.28. The first-order valence-corrected chi connectivity index (χ1v) is 9.15. The van der Waals surface area contributed by atoms with E-state index < -0.39 is 23.3 Å². The number of methoxy groups -OCH3 is 2. The number of rotatable bonds is 9. The van der Waals surface area contributed by atoms with Crippen LogP contribution in [0, 0.1) is 10.1 Å². The van der Waals surface area contributed by atoms with Gasteiger partial charge in [0.15, 0.2) is 12.5 Å². The highest BCUT2D eigenvalue weighted by Crippen LogP contribution is 2.37. The number of nitro groups is 1. The van der Waals surface area contributed by atoms with Crippen LogP contribution >= 0.6 is 0 Å². The summed E-state index contributed by atoms with van der Waals surface area (Å²) in [5, 5.41) is 27.1. The van der Waals surface area contributed by atoms with Gasteiger partial charge in [0.05, 0.1) is 28.5 Å². The number of carboxylic acids is 1. The number of ether oxygens (including phenoxy) is 2. The molecule has 0 saturated carbocycles. The number of nitrogens with zero attached hydrogens (tertiary/aromatic N) is 3. The van der Waals surface area contributed by atoms with Crippen molar-refractivity contribution >= 4 is 23.0 Å². The first-order valence-electron chi connectivity index (χ1n) is 9.15. The maximum Gasteiger partial charge on any atom is 0.317 e. The number of carbonyl (C=O) groups is 1. The molecule has 1 aromatic heterocycles. The second kappa shape index (κ2) is 9.48. The van der Waals surface area contributed by atoms with Gasteiger partial charge < -0.3 is 25.2 Å². The molecule has 0 fully saturated rings. The molecule has 0 bridgehead atoms. The fourth-order valence-corrected chi connectivity index (χ4v) is 3.33. The third-order valence-electron chi connectivity index (χ3n) is 4.65. The van der Waals surface area contributed by atoms with Crippen LogP contribution < -0.4 is 10.6 Å². The van der Waals surface area contributed by atoms with Crippen molar-refractivity contribution in [3.05, 3.63) is 57.9 Å². The molecule has 1 aliphatic rings. The molecule has 0 aliphatic carbocycles. The first-order chi connectivity index (χ1) is 14.4. The zero-order valence-corrected chi connectivity index (χ0v) is 16.6. The Labute approximate surface area is 172 Å². The van der Waals surface area contributed by atoms with Gasteiger partial charge in [-0.2, -0.15) is 0 Å². The third-order valence-corrected chi connectivity index (χ3v) is 4.65. The molecular formula is C19H23N5O6. The Morgan fingerprint density at radius 3 is 2.57 bits per heavy atom. The number of aromatic nitrogens is 1. The fourth-order valence-electron chi connectivity index (χ4n) is 3.33. The van der Waals surface area contributed by atoms with Crippen LogP contribution in [0.5, 0.6) is 0 Å². The molecule has 160 valence electrons. The molecule has 2 atom stereocenters. The number of fused-ring (bicyclic) bond motifs is 1. The van der Waals surface area contributed by atoms with Gasteiger partial charge in [0.1, 0.15) is 0 Å². The number of hydrogen-bond acceptors (Lipinski definition) is 9. The summed E-state index contributed by atoms with van der Waals surface area (Å²) in [7, 11) is 3.01. The maximum absolute atomic E-state index is 11.4. The number of aliphatic carboxylic acids is 1. The normalized spacial score (nSPS) is 17.7. The van der Waals surface area contributed by atoms with Crippen LogP contribution in [0.25, 0.3) is 0 Å². The van der Waals surface area contributed by atoms with E-state index in [4.69, 9.17) is 9.47 Å². The summed E-state index contributed by atoms with van der Waals surface area (Å²) in [6.45, 7) is 0.165. The fraction of sp³-hybridized carbons (Fsp3) is 0.368. The molecule has 1 aromatic carbocycles. The molecule has 2 unspecified atom stereocenters. The number of nitro benzene ring substituents is 1. The Kier molecular flexibility index (Phi) is 6.77. The minimum atomic E-state index is -1.01. The smallest absolute Gasteiger partial charge is 0.317 e. The van der Waals surface area contributed by atoms with Crippen LogP contribution in [0.1, 0.15) is 11.3 Å². The molecule has 3 N–H and O–H groups in total. The minimum Gasteiger partial charge on any atom is -0.480 e. The van der Waals surface area contributed by atoms with Crippen molar-refractivity contribution in [1.82, 2.24) is 9.88 Å². The average Bonchev–Trinajstić information content (AvgIpc) is 2.72. The van der Waals surface area contributed by atoms with Crippen molar-refractivity contribution in [2.24, 2.45) is 0 Å². The zero-order chi connectivity index (χ0) is 21.7. The van der Waals surface area contributed by atoms with E-state index in [2.05, 4.69) is 15.6 Å². The second-order valence-corrected chi connectivity index (χ2v) is 6.75. The number of non-ortho nitro benzene ring substituents is 1. The molecule has 30 heavy (non-hydrogen) atoms. The number of carboxylic acid groups (broad SMARTS) is 1. The van der Waals surface area contributed by atoms with Gasteiger partial charge in [-0.3, -0.25) is 24.8 Å². The summed E-state index contributed by atoms with van der Waals surface area (Å²) in [6.07, 6.45) is 0.538. The molecule has 0 amide bonds. The summed E-state index contributed by atoms with van der Waals surface area (Å²) in [5.41, 5.74) is 2.21. The van der Waals surface area contributed by atoms with Gasteiger partial charge in [0, 0.05) is 45.6 Å². The van der Waals surface area contributed by atoms with Crippen LogP contribution in [-0.2, 0) is 27.4 Å². The summed E-state index contributed by atoms with van der Waals surface area (Å²) < 4.78 is 10.7. The summed E-state index contributed by atoms with van der Waals surface area (Å²) in [6, 6.07) is 8.22. The van der Waals surface area contributed by atoms with E-state index in [0.29, 0.717) is 22.6 Å². The lowest BCUT2D eigenvalue weighted by Crippen LogP contribution is -2.46. The molecule has 0 spiro atoms. The van der Waals surface area contributed by atoms with Crippen LogP contribution in [0.15, 0.2) is 36.5 Å². The van der Waals surface area contributed by atoms with Crippen molar-refractivity contribution in [1.29, 1.82) is 0 Å². The molecule has 1 aliphatic heterocycles. The molecule has 0 saturated heterocycles. The largest absolute Gasteiger partial charge is 0.480 e. The van der Waals surface area contributed by atoms with Gasteiger partial charge in [-0.25, -0.2) is 0 Å². The number of nitrogens with one attached hydrogen (secondary N) is 2. The molecule has 3 rings (SSSR count). The predicted octanol–water partition coefficient (Wildman–Crippen LogP) is 1.86. The quantitative estimate of drug-likeness (QED) is 0.409. The third kappa shape index (κ3) is 5.00. The van der Waals surface area contributed by atoms with E-state index in [1.165, 1.54) is 26.4 Å². The summed E-state index contributed by atoms with van der Waals surface area (Å²) >= 11 is 0. The lowest BCUT2D eigenvalue weighted by Gasteiger charge is -2.35. The van der Waals surface area contributed by atoms with E-state index in [9.17, 15) is 20.0 Å². The lowest BCUT2D eigenvalue weighted by molar-refractivity contribution is -0.384. The van der Waals surface area contributed by atoms with Gasteiger partial charge in [0.2, 0.25) is 0 Å². The molecule has 0 radical (unpaired) electrons. The number of hydrogen-bond donors (Lipinski definition) is 3. The second-order valence-electron chi connectivity index (χ2n) is 6.75. The van der Waals surface area contributed by atoms with E-state index in [-0.39, 0.29) is 25.3 Å². The monoisotopic (exact) mass is 417 g/mol. The highest BCUT2D eigenvalue weighted by molar-refractivity contribution is 5.78. The van der Waals surface area contributed by atoms with Gasteiger partial charge in [-0.05, 0) is 17.7 Å². The highest BCUT2D eigenvalue weighted by atomic mass is 16.6. The highest BCUT2D eigenvalue weighted by Gasteiger charge is 2.31. The minimum absolute atomic E-state index is 0.114. The maximum atomic E-state index is 11.4. The molecule has 2 heterocycles.